The molecule has 0 aliphatic heterocycles. The van der Waals surface area contributed by atoms with Crippen LogP contribution in [0.3, 0.4) is 0 Å². The first kappa shape index (κ1) is 13.8. The minimum absolute atomic E-state index is 0.0481. The molecule has 0 fully saturated rings. The predicted octanol–water partition coefficient (Wildman–Crippen LogP) is 1.32. The Morgan fingerprint density at radius 1 is 1.40 bits per heavy atom. The van der Waals surface area contributed by atoms with Crippen molar-refractivity contribution >= 4 is 30.0 Å². The minimum atomic E-state index is -0.705. The third kappa shape index (κ3) is 9.07. The van der Waals surface area contributed by atoms with Gasteiger partial charge in [-0.3, -0.25) is 4.79 Å². The smallest absolute Gasteiger partial charge is 0.421 e. The molecule has 0 aromatic carbocycles. The van der Waals surface area contributed by atoms with E-state index in [1.54, 1.807) is 6.92 Å². The molecular weight excluding hydrogens is 220 g/mol. The van der Waals surface area contributed by atoms with Crippen LogP contribution in [0.5, 0.6) is 0 Å². The molecule has 15 heavy (non-hydrogen) atoms. The van der Waals surface area contributed by atoms with E-state index in [1.165, 1.54) is 6.92 Å². The summed E-state index contributed by atoms with van der Waals surface area (Å²) < 4.78 is 13.3. The maximum absolute atomic E-state index is 10.9. The van der Waals surface area contributed by atoms with E-state index >= 15 is 0 Å². The molecule has 0 atom stereocenters. The molecule has 0 aliphatic carbocycles. The molecule has 0 aromatic rings. The number of carbonyl (C=O) groups is 2. The fourth-order valence-electron chi connectivity index (χ4n) is 0.566. The Bertz CT molecular complexity index is 255. The highest BCUT2D eigenvalue weighted by molar-refractivity contribution is 7.93. The largest absolute Gasteiger partial charge is 0.481 e. The minimum Gasteiger partial charge on any atom is -0.481 e. The van der Waals surface area contributed by atoms with Crippen molar-refractivity contribution in [2.24, 2.45) is 4.40 Å². The topological polar surface area (TPSA) is 77.0 Å². The Morgan fingerprint density at radius 2 is 2.07 bits per heavy atom. The highest BCUT2D eigenvalue weighted by Gasteiger charge is 2.03. The summed E-state index contributed by atoms with van der Waals surface area (Å²) in [4.78, 5) is 21.4. The second-order valence-electron chi connectivity index (χ2n) is 2.54. The SMILES string of the molecule is CCO/C(C)=N/SOC(=O)NCC(C)=O. The first-order valence-corrected chi connectivity index (χ1v) is 5.04. The number of Topliss-reactive ketones (excluding diaryl/α,β-unsaturated/α-hetero) is 1. The molecular formula is C8H14N2O4S. The summed E-state index contributed by atoms with van der Waals surface area (Å²) in [5.74, 6) is 0.271. The molecule has 86 valence electrons. The molecule has 6 nitrogen and oxygen atoms in total. The van der Waals surface area contributed by atoms with Gasteiger partial charge in [-0.2, -0.15) is 0 Å². The summed E-state index contributed by atoms with van der Waals surface area (Å²) >= 11 is 0.601. The lowest BCUT2D eigenvalue weighted by molar-refractivity contribution is -0.116. The summed E-state index contributed by atoms with van der Waals surface area (Å²) in [5.41, 5.74) is 0. The van der Waals surface area contributed by atoms with E-state index in [0.717, 1.165) is 0 Å². The van der Waals surface area contributed by atoms with Gasteiger partial charge >= 0.3 is 6.09 Å². The highest BCUT2D eigenvalue weighted by Crippen LogP contribution is 2.05. The Balaban J connectivity index is 3.62. The predicted molar refractivity (Wildman–Crippen MR) is 57.5 cm³/mol. The van der Waals surface area contributed by atoms with E-state index in [0.29, 0.717) is 24.7 Å². The first-order valence-electron chi connectivity index (χ1n) is 4.34. The molecule has 1 amide bonds. The standard InChI is InChI=1S/C8H14N2O4S/c1-4-13-7(3)10-15-14-8(12)9-5-6(2)11/h4-5H2,1-3H3,(H,9,12)/b10-7+. The van der Waals surface area contributed by atoms with Gasteiger partial charge in [0.15, 0.2) is 5.90 Å². The van der Waals surface area contributed by atoms with E-state index in [2.05, 4.69) is 13.9 Å². The van der Waals surface area contributed by atoms with Crippen molar-refractivity contribution in [1.82, 2.24) is 5.32 Å². The van der Waals surface area contributed by atoms with Gasteiger partial charge in [0.1, 0.15) is 5.78 Å². The molecule has 0 bridgehead atoms. The summed E-state index contributed by atoms with van der Waals surface area (Å²) in [6, 6.07) is 0. The van der Waals surface area contributed by atoms with E-state index in [9.17, 15) is 9.59 Å². The zero-order chi connectivity index (χ0) is 11.7. The third-order valence-corrected chi connectivity index (χ3v) is 1.67. The van der Waals surface area contributed by atoms with Crippen LogP contribution in [-0.4, -0.2) is 30.9 Å². The van der Waals surface area contributed by atoms with Crippen molar-refractivity contribution in [1.29, 1.82) is 0 Å². The van der Waals surface area contributed by atoms with E-state index in [-0.39, 0.29) is 12.3 Å². The maximum atomic E-state index is 10.9. The van der Waals surface area contributed by atoms with Gasteiger partial charge in [0, 0.05) is 6.92 Å². The number of nitrogens with zero attached hydrogens (tertiary/aromatic N) is 1. The third-order valence-electron chi connectivity index (χ3n) is 1.11. The van der Waals surface area contributed by atoms with Crippen molar-refractivity contribution in [3.63, 3.8) is 0 Å². The maximum Gasteiger partial charge on any atom is 0.421 e. The van der Waals surface area contributed by atoms with E-state index in [4.69, 9.17) is 4.74 Å². The van der Waals surface area contributed by atoms with Crippen molar-refractivity contribution < 1.29 is 18.5 Å². The van der Waals surface area contributed by atoms with Crippen LogP contribution >= 0.6 is 12.2 Å². The summed E-state index contributed by atoms with van der Waals surface area (Å²) in [7, 11) is 0. The molecule has 0 rings (SSSR count). The molecule has 0 spiro atoms. The van der Waals surface area contributed by atoms with Crippen LogP contribution in [0, 0.1) is 0 Å². The lowest BCUT2D eigenvalue weighted by Crippen LogP contribution is -2.27. The fraction of sp³-hybridized carbons (Fsp3) is 0.625. The van der Waals surface area contributed by atoms with E-state index in [1.807, 2.05) is 6.92 Å². The van der Waals surface area contributed by atoms with Gasteiger partial charge in [0.2, 0.25) is 12.2 Å². The average Bonchev–Trinajstić information content (AvgIpc) is 2.15. The van der Waals surface area contributed by atoms with Crippen LogP contribution in [0.15, 0.2) is 4.40 Å². The molecule has 1 N–H and O–H groups in total. The summed E-state index contributed by atoms with van der Waals surface area (Å²) in [6.45, 7) is 5.29. The Hall–Kier alpha value is -1.24. The number of carbonyl (C=O) groups excluding carboxylic acids is 2. The second-order valence-corrected chi connectivity index (χ2v) is 3.04. The van der Waals surface area contributed by atoms with Crippen LogP contribution in [0.1, 0.15) is 20.8 Å². The zero-order valence-corrected chi connectivity index (χ0v) is 9.72. The number of hydrogen-bond acceptors (Lipinski definition) is 6. The highest BCUT2D eigenvalue weighted by atomic mass is 32.2. The van der Waals surface area contributed by atoms with Crippen molar-refractivity contribution in [3.05, 3.63) is 0 Å². The second kappa shape index (κ2) is 8.10. The molecule has 0 aliphatic rings. The lowest BCUT2D eigenvalue weighted by atomic mass is 10.4. The molecule has 0 aromatic heterocycles. The number of ketones is 1. The Morgan fingerprint density at radius 3 is 2.60 bits per heavy atom. The Kier molecular flexibility index (Phi) is 7.43. The number of ether oxygens (including phenoxy) is 1. The number of hydrogen-bond donors (Lipinski definition) is 1. The number of rotatable bonds is 5. The van der Waals surface area contributed by atoms with Crippen LogP contribution in [0.25, 0.3) is 0 Å². The van der Waals surface area contributed by atoms with Crippen LogP contribution < -0.4 is 5.32 Å². The monoisotopic (exact) mass is 234 g/mol. The van der Waals surface area contributed by atoms with Gasteiger partial charge in [-0.15, -0.1) is 4.40 Å². The lowest BCUT2D eigenvalue weighted by Gasteiger charge is -2.01. The average molecular weight is 234 g/mol. The first-order chi connectivity index (χ1) is 7.06. The van der Waals surface area contributed by atoms with Gasteiger partial charge in [0.05, 0.1) is 13.2 Å². The quantitative estimate of drug-likeness (QED) is 0.336. The van der Waals surface area contributed by atoms with Crippen molar-refractivity contribution in [3.8, 4) is 0 Å². The Labute approximate surface area is 92.8 Å². The molecule has 7 heteroatoms. The van der Waals surface area contributed by atoms with Gasteiger partial charge in [-0.05, 0) is 13.8 Å². The van der Waals surface area contributed by atoms with Crippen LogP contribution in [-0.2, 0) is 13.7 Å². The normalized spacial score (nSPS) is 10.7. The summed E-state index contributed by atoms with van der Waals surface area (Å²) in [5, 5.41) is 2.25. The fourth-order valence-corrected chi connectivity index (χ4v) is 0.888. The summed E-state index contributed by atoms with van der Waals surface area (Å²) in [6.07, 6.45) is -0.705. The number of nitrogens with one attached hydrogen (secondary N) is 1. The molecule has 0 saturated heterocycles. The van der Waals surface area contributed by atoms with Crippen LogP contribution in [0.4, 0.5) is 4.79 Å². The van der Waals surface area contributed by atoms with E-state index < -0.39 is 6.09 Å². The van der Waals surface area contributed by atoms with Crippen molar-refractivity contribution in [2.45, 2.75) is 20.8 Å². The number of amides is 1. The van der Waals surface area contributed by atoms with Crippen LogP contribution in [0.2, 0.25) is 0 Å². The van der Waals surface area contributed by atoms with Gasteiger partial charge in [-0.1, -0.05) is 0 Å². The molecule has 0 saturated carbocycles. The van der Waals surface area contributed by atoms with Gasteiger partial charge in [-0.25, -0.2) is 4.79 Å². The molecule has 0 unspecified atom stereocenters. The molecule has 0 heterocycles. The van der Waals surface area contributed by atoms with Gasteiger partial charge < -0.3 is 14.2 Å². The van der Waals surface area contributed by atoms with Gasteiger partial charge in [0.25, 0.3) is 0 Å². The zero-order valence-electron chi connectivity index (χ0n) is 8.90. The van der Waals surface area contributed by atoms with Crippen molar-refractivity contribution in [2.75, 3.05) is 13.2 Å². The molecule has 0 radical (unpaired) electrons.